The third-order valence-electron chi connectivity index (χ3n) is 6.87. The molecule has 42 heavy (non-hydrogen) atoms. The minimum atomic E-state index is -1.20. The molecule has 1 heterocycles. The number of hydrogen-bond acceptors (Lipinski definition) is 7. The van der Waals surface area contributed by atoms with E-state index < -0.39 is 16.2 Å². The quantitative estimate of drug-likeness (QED) is 0.124. The standard InChI is InChI=1S/C33H42FN5O2S/c1-23(2)14-27(19-40)29(24(3)25(4)37-30-12-10-11-13-32(30)42(9)41)16-31(38(7)8)26(17-36-6)15-28(34)18-39-21-33(5,20-35)22-39/h10-17,19,25,37H,1,6,18,21-22H2,2-5,7-9H3/b26-17+,27-14-,28-15+,29-24+,31-16-/t25-,42?/m1/s1. The van der Waals surface area contributed by atoms with Crippen LogP contribution < -0.4 is 5.32 Å². The van der Waals surface area contributed by atoms with E-state index in [0.717, 1.165) is 17.5 Å². The maximum Gasteiger partial charge on any atom is 0.150 e. The van der Waals surface area contributed by atoms with E-state index >= 15 is 4.39 Å². The number of rotatable bonds is 14. The van der Waals surface area contributed by atoms with Gasteiger partial charge < -0.3 is 10.2 Å². The Labute approximate surface area is 252 Å². The molecule has 1 aromatic carbocycles. The van der Waals surface area contributed by atoms with Crippen molar-refractivity contribution in [2.24, 2.45) is 10.4 Å². The second-order valence-electron chi connectivity index (χ2n) is 11.1. The summed E-state index contributed by atoms with van der Waals surface area (Å²) in [4.78, 5) is 20.7. The Kier molecular flexibility index (Phi) is 12.6. The first-order chi connectivity index (χ1) is 19.7. The highest BCUT2D eigenvalue weighted by Gasteiger charge is 2.39. The second-order valence-corrected chi connectivity index (χ2v) is 12.4. The molecule has 0 amide bonds. The number of halogens is 1. The average molecular weight is 592 g/mol. The van der Waals surface area contributed by atoms with Gasteiger partial charge in [0.2, 0.25) is 0 Å². The monoisotopic (exact) mass is 591 g/mol. The van der Waals surface area contributed by atoms with Crippen molar-refractivity contribution in [3.8, 4) is 6.07 Å². The van der Waals surface area contributed by atoms with E-state index in [4.69, 9.17) is 0 Å². The van der Waals surface area contributed by atoms with Crippen LogP contribution in [0.5, 0.6) is 0 Å². The fraction of sp³-hybridized carbons (Fsp3) is 0.364. The van der Waals surface area contributed by atoms with Crippen LogP contribution in [0.3, 0.4) is 0 Å². The van der Waals surface area contributed by atoms with Gasteiger partial charge in [-0.2, -0.15) is 5.26 Å². The molecule has 1 N–H and O–H groups in total. The van der Waals surface area contributed by atoms with Crippen molar-refractivity contribution in [2.45, 2.75) is 38.6 Å². The SMILES string of the molecule is C=N/C=C(\C=C(\F)CN1CC(C)(C#N)C1)C(=C/C(C(/C=O)=C\C(=C)C)=C(/C)[C@@H](C)Nc1ccccc1S(C)=O)/N(C)C. The number of nitriles is 1. The largest absolute Gasteiger partial charge is 0.378 e. The van der Waals surface area contributed by atoms with E-state index in [9.17, 15) is 14.3 Å². The topological polar surface area (TPSA) is 88.8 Å². The molecule has 1 saturated heterocycles. The van der Waals surface area contributed by atoms with Crippen LogP contribution in [0, 0.1) is 16.7 Å². The molecule has 1 aliphatic heterocycles. The normalized spacial score (nSPS) is 18.2. The van der Waals surface area contributed by atoms with Crippen LogP contribution in [-0.2, 0) is 15.6 Å². The van der Waals surface area contributed by atoms with Crippen molar-refractivity contribution in [3.63, 3.8) is 0 Å². The number of likely N-dealkylation sites (N-methyl/N-ethyl adjacent to an activating group) is 1. The number of carbonyl (C=O) groups excluding carboxylic acids is 1. The molecule has 1 unspecified atom stereocenters. The van der Waals surface area contributed by atoms with Gasteiger partial charge in [0.05, 0.1) is 39.4 Å². The Balaban J connectivity index is 2.63. The van der Waals surface area contributed by atoms with Gasteiger partial charge >= 0.3 is 0 Å². The Bertz CT molecular complexity index is 1420. The molecule has 2 rings (SSSR count). The van der Waals surface area contributed by atoms with Crippen LogP contribution in [0.1, 0.15) is 27.7 Å². The summed E-state index contributed by atoms with van der Waals surface area (Å²) < 4.78 is 27.6. The van der Waals surface area contributed by atoms with E-state index in [-0.39, 0.29) is 18.4 Å². The molecule has 0 saturated carbocycles. The molecule has 0 bridgehead atoms. The van der Waals surface area contributed by atoms with Crippen LogP contribution in [0.2, 0.25) is 0 Å². The van der Waals surface area contributed by atoms with Crippen LogP contribution in [-0.4, -0.2) is 73.0 Å². The maximum atomic E-state index is 15.3. The van der Waals surface area contributed by atoms with Gasteiger partial charge in [0.25, 0.3) is 0 Å². The van der Waals surface area contributed by atoms with Gasteiger partial charge in [0.15, 0.2) is 6.29 Å². The van der Waals surface area contributed by atoms with E-state index in [2.05, 4.69) is 29.7 Å². The van der Waals surface area contributed by atoms with E-state index in [0.29, 0.717) is 46.0 Å². The maximum absolute atomic E-state index is 15.3. The highest BCUT2D eigenvalue weighted by atomic mass is 32.2. The van der Waals surface area contributed by atoms with Crippen molar-refractivity contribution in [1.29, 1.82) is 5.26 Å². The number of aliphatic imine (C=N–C) groups is 1. The number of allylic oxidation sites excluding steroid dienone is 6. The smallest absolute Gasteiger partial charge is 0.150 e. The molecule has 9 heteroatoms. The van der Waals surface area contributed by atoms with Crippen molar-refractivity contribution in [1.82, 2.24) is 9.80 Å². The van der Waals surface area contributed by atoms with Crippen molar-refractivity contribution in [3.05, 3.63) is 94.7 Å². The summed E-state index contributed by atoms with van der Waals surface area (Å²) in [6.45, 7) is 16.1. The van der Waals surface area contributed by atoms with Gasteiger partial charge in [0.1, 0.15) is 5.83 Å². The molecular formula is C33H42FN5O2S. The molecule has 0 aliphatic carbocycles. The summed E-state index contributed by atoms with van der Waals surface area (Å²) in [6.07, 6.45) is 8.83. The minimum Gasteiger partial charge on any atom is -0.378 e. The Morgan fingerprint density at radius 3 is 2.43 bits per heavy atom. The van der Waals surface area contributed by atoms with Gasteiger partial charge in [-0.15, -0.1) is 0 Å². The summed E-state index contributed by atoms with van der Waals surface area (Å²) in [6, 6.07) is 9.39. The zero-order chi connectivity index (χ0) is 31.6. The summed E-state index contributed by atoms with van der Waals surface area (Å²) in [5.41, 5.74) is 3.92. The van der Waals surface area contributed by atoms with Crippen LogP contribution in [0.15, 0.2) is 105 Å². The molecule has 7 nitrogen and oxygen atoms in total. The van der Waals surface area contributed by atoms with Crippen molar-refractivity contribution < 1.29 is 13.4 Å². The number of aldehydes is 1. The second kappa shape index (κ2) is 15.4. The van der Waals surface area contributed by atoms with E-state index in [1.807, 2.05) is 75.0 Å². The van der Waals surface area contributed by atoms with E-state index in [1.54, 1.807) is 19.3 Å². The number of carbonyl (C=O) groups is 1. The van der Waals surface area contributed by atoms with Crippen LogP contribution in [0.25, 0.3) is 0 Å². The lowest BCUT2D eigenvalue weighted by Crippen LogP contribution is -2.54. The zero-order valence-corrected chi connectivity index (χ0v) is 26.5. The molecule has 1 aromatic rings. The highest BCUT2D eigenvalue weighted by molar-refractivity contribution is 7.84. The lowest BCUT2D eigenvalue weighted by atomic mass is 9.84. The number of hydrogen-bond donors (Lipinski definition) is 1. The molecule has 0 aromatic heterocycles. The van der Waals surface area contributed by atoms with Crippen LogP contribution in [0.4, 0.5) is 10.1 Å². The summed E-state index contributed by atoms with van der Waals surface area (Å²) in [7, 11) is 2.46. The fourth-order valence-corrected chi connectivity index (χ4v) is 5.42. The number of anilines is 1. The van der Waals surface area contributed by atoms with Crippen molar-refractivity contribution in [2.75, 3.05) is 45.3 Å². The molecule has 1 aliphatic rings. The van der Waals surface area contributed by atoms with Gasteiger partial charge in [0, 0.05) is 62.5 Å². The Hall–Kier alpha value is -3.87. The lowest BCUT2D eigenvalue weighted by Gasteiger charge is -2.42. The minimum absolute atomic E-state index is 0.0719. The molecule has 2 atom stereocenters. The Morgan fingerprint density at radius 2 is 1.90 bits per heavy atom. The summed E-state index contributed by atoms with van der Waals surface area (Å²) in [5.74, 6) is -0.382. The third-order valence-corrected chi connectivity index (χ3v) is 7.85. The lowest BCUT2D eigenvalue weighted by molar-refractivity contribution is -0.104. The zero-order valence-electron chi connectivity index (χ0n) is 25.7. The van der Waals surface area contributed by atoms with Crippen LogP contribution >= 0.6 is 0 Å². The Morgan fingerprint density at radius 1 is 1.26 bits per heavy atom. The number of likely N-dealkylation sites (tertiary alicyclic amines) is 1. The van der Waals surface area contributed by atoms with E-state index in [1.165, 1.54) is 12.3 Å². The van der Waals surface area contributed by atoms with Gasteiger partial charge in [-0.1, -0.05) is 24.3 Å². The van der Waals surface area contributed by atoms with Gasteiger partial charge in [-0.3, -0.25) is 18.9 Å². The summed E-state index contributed by atoms with van der Waals surface area (Å²) in [5, 5.41) is 12.7. The number of nitrogens with one attached hydrogen (secondary N) is 1. The summed E-state index contributed by atoms with van der Waals surface area (Å²) >= 11 is 0. The molecule has 224 valence electrons. The number of nitrogens with zero attached hydrogens (tertiary/aromatic N) is 4. The first kappa shape index (κ1) is 34.3. The fourth-order valence-electron chi connectivity index (χ4n) is 4.71. The average Bonchev–Trinajstić information content (AvgIpc) is 2.90. The van der Waals surface area contributed by atoms with Crippen molar-refractivity contribution >= 4 is 29.5 Å². The molecule has 1 fully saturated rings. The third kappa shape index (κ3) is 9.33. The molecule has 0 radical (unpaired) electrons. The van der Waals surface area contributed by atoms with Gasteiger partial charge in [-0.05, 0) is 75.9 Å². The highest BCUT2D eigenvalue weighted by Crippen LogP contribution is 2.31. The number of para-hydroxylation sites is 1. The first-order valence-electron chi connectivity index (χ1n) is 13.5. The predicted molar refractivity (Wildman–Crippen MR) is 172 cm³/mol. The first-order valence-corrected chi connectivity index (χ1v) is 15.1. The molecular weight excluding hydrogens is 549 g/mol. The number of benzene rings is 1. The predicted octanol–water partition coefficient (Wildman–Crippen LogP) is 5.97. The molecule has 0 spiro atoms. The van der Waals surface area contributed by atoms with Gasteiger partial charge in [-0.25, -0.2) is 4.39 Å².